The summed E-state index contributed by atoms with van der Waals surface area (Å²) in [6, 6.07) is 4.93. The Morgan fingerprint density at radius 1 is 1.32 bits per heavy atom. The predicted molar refractivity (Wildman–Crippen MR) is 105 cm³/mol. The van der Waals surface area contributed by atoms with Gasteiger partial charge in [-0.25, -0.2) is 4.79 Å². The lowest BCUT2D eigenvalue weighted by Crippen LogP contribution is -2.46. The van der Waals surface area contributed by atoms with Gasteiger partial charge in [-0.15, -0.1) is 0 Å². The Bertz CT molecular complexity index is 773. The van der Waals surface area contributed by atoms with Gasteiger partial charge >= 0.3 is 5.91 Å². The summed E-state index contributed by atoms with van der Waals surface area (Å²) in [6.07, 6.45) is 2.43. The van der Waals surface area contributed by atoms with Crippen LogP contribution in [0.1, 0.15) is 47.7 Å². The van der Waals surface area contributed by atoms with Crippen molar-refractivity contribution < 1.29 is 23.7 Å². The van der Waals surface area contributed by atoms with E-state index in [1.54, 1.807) is 11.0 Å². The molecule has 0 spiro atoms. The first kappa shape index (κ1) is 21.8. The van der Waals surface area contributed by atoms with Crippen molar-refractivity contribution in [3.63, 3.8) is 0 Å². The van der Waals surface area contributed by atoms with Gasteiger partial charge in [-0.3, -0.25) is 14.1 Å². The molecule has 0 saturated carbocycles. The van der Waals surface area contributed by atoms with Crippen molar-refractivity contribution in [3.8, 4) is 0 Å². The number of aldehydes is 1. The highest BCUT2D eigenvalue weighted by atomic mass is 16.2. The largest absolute Gasteiger partial charge is 0.357 e. The molecule has 1 unspecified atom stereocenters. The number of carbonyl (C=O) groups is 4. The van der Waals surface area contributed by atoms with Crippen LogP contribution in [0.4, 0.5) is 0 Å². The summed E-state index contributed by atoms with van der Waals surface area (Å²) in [6.45, 7) is 2.84. The molecule has 0 saturated heterocycles. The van der Waals surface area contributed by atoms with E-state index in [2.05, 4.69) is 5.32 Å². The Hall–Kier alpha value is -2.54. The fourth-order valence-electron chi connectivity index (χ4n) is 3.68. The molecule has 0 fully saturated rings. The van der Waals surface area contributed by atoms with Gasteiger partial charge in [0.25, 0.3) is 5.91 Å². The minimum absolute atomic E-state index is 0.166. The van der Waals surface area contributed by atoms with E-state index in [1.807, 2.05) is 33.2 Å². The highest BCUT2D eigenvalue weighted by molar-refractivity contribution is 6.01. The summed E-state index contributed by atoms with van der Waals surface area (Å²) in [7, 11) is 5.32. The number of nitrogens with one attached hydrogen (secondary N) is 1. The van der Waals surface area contributed by atoms with Crippen molar-refractivity contribution in [2.75, 3.05) is 27.7 Å². The third kappa shape index (κ3) is 4.47. The zero-order valence-corrected chi connectivity index (χ0v) is 17.2. The maximum atomic E-state index is 12.9. The quantitative estimate of drug-likeness (QED) is 0.510. The average molecular weight is 388 g/mol. The van der Waals surface area contributed by atoms with Gasteiger partial charge < -0.3 is 15.0 Å². The normalized spacial score (nSPS) is 14.6. The topological polar surface area (TPSA) is 83.6 Å². The fraction of sp³-hybridized carbons (Fsp3) is 0.524. The lowest BCUT2D eigenvalue weighted by molar-refractivity contribution is -0.813. The molecule has 1 aliphatic heterocycles. The lowest BCUT2D eigenvalue weighted by Gasteiger charge is -2.27. The number of nitrogens with zero attached hydrogens (tertiary/aromatic N) is 2. The molecular weight excluding hydrogens is 358 g/mol. The highest BCUT2D eigenvalue weighted by Gasteiger charge is 2.37. The summed E-state index contributed by atoms with van der Waals surface area (Å²) in [5.74, 6) is -0.288. The maximum Gasteiger partial charge on any atom is 0.313 e. The molecule has 1 aromatic rings. The van der Waals surface area contributed by atoms with Gasteiger partial charge in [0.1, 0.15) is 12.3 Å². The molecule has 0 bridgehead atoms. The van der Waals surface area contributed by atoms with Gasteiger partial charge in [0.2, 0.25) is 5.91 Å². The molecule has 0 radical (unpaired) electrons. The monoisotopic (exact) mass is 388 g/mol. The molecule has 1 heterocycles. The van der Waals surface area contributed by atoms with Crippen molar-refractivity contribution in [1.82, 2.24) is 10.2 Å². The Morgan fingerprint density at radius 3 is 2.64 bits per heavy atom. The molecular formula is C21H30N3O4+. The van der Waals surface area contributed by atoms with Crippen LogP contribution in [-0.2, 0) is 27.3 Å². The molecule has 2 rings (SSSR count). The van der Waals surface area contributed by atoms with E-state index < -0.39 is 6.04 Å². The zero-order chi connectivity index (χ0) is 20.9. The predicted octanol–water partition coefficient (Wildman–Crippen LogP) is 1.29. The third-order valence-electron chi connectivity index (χ3n) is 5.49. The van der Waals surface area contributed by atoms with Crippen LogP contribution >= 0.6 is 0 Å². The van der Waals surface area contributed by atoms with Crippen molar-refractivity contribution in [3.05, 3.63) is 34.9 Å². The number of carbonyl (C=O) groups excluding carboxylic acids is 4. The fourth-order valence-corrected chi connectivity index (χ4v) is 3.68. The van der Waals surface area contributed by atoms with Gasteiger partial charge in [-0.1, -0.05) is 19.1 Å². The molecule has 1 aromatic carbocycles. The van der Waals surface area contributed by atoms with Crippen LogP contribution in [0.5, 0.6) is 0 Å². The smallest absolute Gasteiger partial charge is 0.313 e. The van der Waals surface area contributed by atoms with Crippen molar-refractivity contribution in [2.24, 2.45) is 0 Å². The number of rotatable bonds is 9. The molecule has 1 atom stereocenters. The first-order valence-electron chi connectivity index (χ1n) is 9.70. The number of quaternary nitrogens is 1. The summed E-state index contributed by atoms with van der Waals surface area (Å²) >= 11 is 0. The number of amides is 3. The standard InChI is InChI=1S/C21H29N3O4/c1-5-19(26)24(3,4)12-11-15-8-6-9-16-17(15)14-23(21(16)28)18(10-7-13-25)20(27)22-2/h6,8-9,13,18H,5,7,10-12,14H2,1-4H3/p+1. The van der Waals surface area contributed by atoms with Crippen LogP contribution in [-0.4, -0.2) is 67.1 Å². The summed E-state index contributed by atoms with van der Waals surface area (Å²) in [5, 5.41) is 2.59. The second-order valence-corrected chi connectivity index (χ2v) is 7.66. The van der Waals surface area contributed by atoms with Gasteiger partial charge in [0, 0.05) is 32.0 Å². The van der Waals surface area contributed by atoms with E-state index in [0.717, 1.165) is 17.4 Å². The minimum atomic E-state index is -0.670. The van der Waals surface area contributed by atoms with Crippen LogP contribution < -0.4 is 5.32 Å². The van der Waals surface area contributed by atoms with Crippen LogP contribution in [0.15, 0.2) is 18.2 Å². The number of likely N-dealkylation sites (N-methyl/N-ethyl adjacent to an activating group) is 2. The summed E-state index contributed by atoms with van der Waals surface area (Å²) in [4.78, 5) is 49.7. The van der Waals surface area contributed by atoms with Crippen LogP contribution in [0.3, 0.4) is 0 Å². The number of hydrogen-bond donors (Lipinski definition) is 1. The van der Waals surface area contributed by atoms with E-state index in [1.165, 1.54) is 7.05 Å². The van der Waals surface area contributed by atoms with Crippen molar-refractivity contribution in [1.29, 1.82) is 0 Å². The first-order chi connectivity index (χ1) is 13.3. The van der Waals surface area contributed by atoms with E-state index in [-0.39, 0.29) is 28.6 Å². The van der Waals surface area contributed by atoms with Crippen molar-refractivity contribution in [2.45, 2.75) is 45.2 Å². The van der Waals surface area contributed by atoms with E-state index >= 15 is 0 Å². The lowest BCUT2D eigenvalue weighted by atomic mass is 10.0. The average Bonchev–Trinajstić information content (AvgIpc) is 3.03. The summed E-state index contributed by atoms with van der Waals surface area (Å²) in [5.41, 5.74) is 2.54. The molecule has 7 heteroatoms. The minimum Gasteiger partial charge on any atom is -0.357 e. The molecule has 28 heavy (non-hydrogen) atoms. The summed E-state index contributed by atoms with van der Waals surface area (Å²) < 4.78 is 0.290. The second kappa shape index (κ2) is 9.10. The Labute approximate surface area is 166 Å². The van der Waals surface area contributed by atoms with Gasteiger partial charge in [-0.2, -0.15) is 0 Å². The van der Waals surface area contributed by atoms with E-state index in [9.17, 15) is 19.2 Å². The Morgan fingerprint density at radius 2 is 2.04 bits per heavy atom. The SMILES string of the molecule is CCC(=O)[N+](C)(C)CCc1cccc2c1CN(C(CCC=O)C(=O)NC)C2=O. The van der Waals surface area contributed by atoms with E-state index in [4.69, 9.17) is 0 Å². The van der Waals surface area contributed by atoms with Gasteiger partial charge in [-0.05, 0) is 23.6 Å². The Balaban J connectivity index is 2.25. The highest BCUT2D eigenvalue weighted by Crippen LogP contribution is 2.29. The molecule has 0 aromatic heterocycles. The molecule has 3 amide bonds. The molecule has 1 aliphatic rings. The maximum absolute atomic E-state index is 12.9. The van der Waals surface area contributed by atoms with Crippen molar-refractivity contribution >= 4 is 24.0 Å². The molecule has 152 valence electrons. The van der Waals surface area contributed by atoms with Crippen LogP contribution in [0, 0.1) is 0 Å². The third-order valence-corrected chi connectivity index (χ3v) is 5.49. The molecule has 7 nitrogen and oxygen atoms in total. The Kier molecular flexibility index (Phi) is 7.07. The van der Waals surface area contributed by atoms with Gasteiger partial charge in [0.05, 0.1) is 27.1 Å². The molecule has 0 aliphatic carbocycles. The number of hydrogen-bond acceptors (Lipinski definition) is 4. The van der Waals surface area contributed by atoms with Crippen LogP contribution in [0.25, 0.3) is 0 Å². The second-order valence-electron chi connectivity index (χ2n) is 7.66. The number of benzene rings is 1. The first-order valence-corrected chi connectivity index (χ1v) is 9.70. The van der Waals surface area contributed by atoms with Crippen LogP contribution in [0.2, 0.25) is 0 Å². The molecule has 1 N–H and O–H groups in total. The number of fused-ring (bicyclic) bond motifs is 1. The van der Waals surface area contributed by atoms with E-state index in [0.29, 0.717) is 37.9 Å². The van der Waals surface area contributed by atoms with Gasteiger partial charge in [0.15, 0.2) is 0 Å². The zero-order valence-electron chi connectivity index (χ0n) is 17.2.